The minimum atomic E-state index is 1.06. The first kappa shape index (κ1) is 13.4. The van der Waals surface area contributed by atoms with Crippen molar-refractivity contribution >= 4 is 0 Å². The molecular formula is C15H22N2+2. The Balaban J connectivity index is 0.000000171. The van der Waals surface area contributed by atoms with Crippen LogP contribution in [0.4, 0.5) is 0 Å². The highest BCUT2D eigenvalue weighted by molar-refractivity contribution is 5.01. The van der Waals surface area contributed by atoms with E-state index in [1.807, 2.05) is 18.2 Å². The molecule has 0 aliphatic heterocycles. The van der Waals surface area contributed by atoms with E-state index in [0.717, 1.165) is 13.1 Å². The summed E-state index contributed by atoms with van der Waals surface area (Å²) in [5, 5.41) is 0. The van der Waals surface area contributed by atoms with Crippen LogP contribution in [0.1, 0.15) is 19.4 Å². The van der Waals surface area contributed by atoms with Gasteiger partial charge in [-0.15, -0.1) is 0 Å². The number of hydrogen-bond donors (Lipinski definition) is 0. The van der Waals surface area contributed by atoms with Gasteiger partial charge >= 0.3 is 0 Å². The van der Waals surface area contributed by atoms with Gasteiger partial charge in [-0.25, -0.2) is 9.13 Å². The Labute approximate surface area is 104 Å². The average molecular weight is 230 g/mol. The van der Waals surface area contributed by atoms with Gasteiger partial charge < -0.3 is 0 Å². The van der Waals surface area contributed by atoms with Gasteiger partial charge in [-0.2, -0.15) is 0 Å². The van der Waals surface area contributed by atoms with Gasteiger partial charge in [-0.3, -0.25) is 0 Å². The van der Waals surface area contributed by atoms with Crippen LogP contribution >= 0.6 is 0 Å². The monoisotopic (exact) mass is 230 g/mol. The van der Waals surface area contributed by atoms with Gasteiger partial charge in [0.05, 0.1) is 0 Å². The van der Waals surface area contributed by atoms with Crippen molar-refractivity contribution in [1.29, 1.82) is 0 Å². The summed E-state index contributed by atoms with van der Waals surface area (Å²) in [4.78, 5) is 0. The third kappa shape index (κ3) is 5.25. The first-order valence-electron chi connectivity index (χ1n) is 6.16. The third-order valence-corrected chi connectivity index (χ3v) is 2.51. The summed E-state index contributed by atoms with van der Waals surface area (Å²) in [6.45, 7) is 8.48. The molecule has 0 bridgehead atoms. The van der Waals surface area contributed by atoms with E-state index in [1.54, 1.807) is 0 Å². The van der Waals surface area contributed by atoms with Crippen molar-refractivity contribution in [3.05, 3.63) is 60.7 Å². The molecule has 2 heteroatoms. The Kier molecular flexibility index (Phi) is 5.94. The molecule has 2 aromatic rings. The van der Waals surface area contributed by atoms with Gasteiger partial charge in [0.15, 0.2) is 24.8 Å². The fourth-order valence-corrected chi connectivity index (χ4v) is 1.49. The summed E-state index contributed by atoms with van der Waals surface area (Å²) in [5.74, 6) is 0. The lowest BCUT2D eigenvalue weighted by Gasteiger charge is -1.90. The van der Waals surface area contributed by atoms with E-state index in [-0.39, 0.29) is 0 Å². The number of nitrogens with zero attached hydrogens (tertiary/aromatic N) is 2. The van der Waals surface area contributed by atoms with Crippen LogP contribution in [0.5, 0.6) is 0 Å². The molecule has 2 nitrogen and oxygen atoms in total. The lowest BCUT2D eigenvalue weighted by Crippen LogP contribution is -2.30. The molecule has 0 aliphatic carbocycles. The molecule has 0 aromatic carbocycles. The van der Waals surface area contributed by atoms with E-state index >= 15 is 0 Å². The molecule has 0 unspecified atom stereocenters. The van der Waals surface area contributed by atoms with Crippen LogP contribution in [0.3, 0.4) is 0 Å². The molecule has 0 aliphatic rings. The molecule has 0 saturated heterocycles. The fraction of sp³-hybridized carbons (Fsp3) is 0.333. The van der Waals surface area contributed by atoms with E-state index in [2.05, 4.69) is 66.8 Å². The Morgan fingerprint density at radius 2 is 1.41 bits per heavy atom. The van der Waals surface area contributed by atoms with E-state index in [1.165, 1.54) is 5.56 Å². The third-order valence-electron chi connectivity index (χ3n) is 2.51. The van der Waals surface area contributed by atoms with E-state index in [9.17, 15) is 0 Å². The van der Waals surface area contributed by atoms with Crippen LogP contribution in [0, 0.1) is 6.92 Å². The van der Waals surface area contributed by atoms with Crippen molar-refractivity contribution in [3.8, 4) is 0 Å². The molecule has 0 saturated carbocycles. The van der Waals surface area contributed by atoms with Crippen LogP contribution in [-0.2, 0) is 13.1 Å². The molecule has 0 spiro atoms. The van der Waals surface area contributed by atoms with Crippen molar-refractivity contribution < 1.29 is 9.13 Å². The molecule has 17 heavy (non-hydrogen) atoms. The predicted molar refractivity (Wildman–Crippen MR) is 69.4 cm³/mol. The molecule has 0 amide bonds. The van der Waals surface area contributed by atoms with Crippen LogP contribution in [0.25, 0.3) is 0 Å². The van der Waals surface area contributed by atoms with Gasteiger partial charge in [0, 0.05) is 23.8 Å². The molecule has 0 radical (unpaired) electrons. The minimum Gasteiger partial charge on any atom is -0.205 e. The van der Waals surface area contributed by atoms with Gasteiger partial charge in [0.25, 0.3) is 0 Å². The predicted octanol–water partition coefficient (Wildman–Crippen LogP) is 2.30. The van der Waals surface area contributed by atoms with Crippen molar-refractivity contribution in [2.45, 2.75) is 33.9 Å². The highest BCUT2D eigenvalue weighted by atomic mass is 14.9. The van der Waals surface area contributed by atoms with Crippen molar-refractivity contribution in [2.24, 2.45) is 0 Å². The zero-order valence-corrected chi connectivity index (χ0v) is 11.0. The van der Waals surface area contributed by atoms with E-state index in [0.29, 0.717) is 0 Å². The maximum Gasteiger partial charge on any atom is 0.171 e. The number of aromatic nitrogens is 2. The Hall–Kier alpha value is -1.70. The van der Waals surface area contributed by atoms with Crippen LogP contribution in [0.15, 0.2) is 55.1 Å². The number of hydrogen-bond acceptors (Lipinski definition) is 0. The molecular weight excluding hydrogens is 208 g/mol. The maximum absolute atomic E-state index is 2.16. The number of pyridine rings is 2. The summed E-state index contributed by atoms with van der Waals surface area (Å²) in [5.41, 5.74) is 1.32. The van der Waals surface area contributed by atoms with E-state index in [4.69, 9.17) is 0 Å². The SMILES string of the molecule is CC[n+]1cccc(C)c1.CC[n+]1ccccc1. The molecule has 0 fully saturated rings. The first-order valence-corrected chi connectivity index (χ1v) is 6.16. The molecule has 2 rings (SSSR count). The van der Waals surface area contributed by atoms with Gasteiger partial charge in [0.2, 0.25) is 0 Å². The standard InChI is InChI=1S/C8H12N.C7H10N/c1-3-9-6-4-5-8(2)7-9;1-2-8-6-4-3-5-7-8/h4-7H,3H2,1-2H3;3-7H,2H2,1H3/q2*+1. The van der Waals surface area contributed by atoms with Crippen molar-refractivity contribution in [1.82, 2.24) is 0 Å². The lowest BCUT2D eigenvalue weighted by molar-refractivity contribution is -0.693. The van der Waals surface area contributed by atoms with Crippen molar-refractivity contribution in [3.63, 3.8) is 0 Å². The molecule has 0 atom stereocenters. The Bertz CT molecular complexity index is 424. The van der Waals surface area contributed by atoms with Crippen molar-refractivity contribution in [2.75, 3.05) is 0 Å². The average Bonchev–Trinajstić information content (AvgIpc) is 2.40. The largest absolute Gasteiger partial charge is 0.205 e. The zero-order chi connectivity index (χ0) is 12.5. The van der Waals surface area contributed by atoms with Gasteiger partial charge in [-0.05, 0) is 26.8 Å². The lowest BCUT2D eigenvalue weighted by atomic mass is 10.3. The highest BCUT2D eigenvalue weighted by Gasteiger charge is 1.92. The number of aryl methyl sites for hydroxylation is 3. The summed E-state index contributed by atoms with van der Waals surface area (Å²) in [6.07, 6.45) is 8.33. The Morgan fingerprint density at radius 1 is 0.824 bits per heavy atom. The summed E-state index contributed by atoms with van der Waals surface area (Å²) in [7, 11) is 0. The molecule has 2 aromatic heterocycles. The number of rotatable bonds is 2. The second-order valence-electron chi connectivity index (χ2n) is 3.92. The summed E-state index contributed by atoms with van der Waals surface area (Å²) >= 11 is 0. The highest BCUT2D eigenvalue weighted by Crippen LogP contribution is 1.88. The minimum absolute atomic E-state index is 1.06. The quantitative estimate of drug-likeness (QED) is 0.699. The molecule has 90 valence electrons. The van der Waals surface area contributed by atoms with Crippen LogP contribution < -0.4 is 9.13 Å². The Morgan fingerprint density at radius 3 is 1.82 bits per heavy atom. The molecule has 2 heterocycles. The van der Waals surface area contributed by atoms with E-state index < -0.39 is 0 Å². The second kappa shape index (κ2) is 7.55. The zero-order valence-electron chi connectivity index (χ0n) is 11.0. The molecule has 0 N–H and O–H groups in total. The topological polar surface area (TPSA) is 7.76 Å². The normalized spacial score (nSPS) is 9.35. The summed E-state index contributed by atoms with van der Waals surface area (Å²) in [6, 6.07) is 10.3. The van der Waals surface area contributed by atoms with Crippen LogP contribution in [0.2, 0.25) is 0 Å². The second-order valence-corrected chi connectivity index (χ2v) is 3.92. The van der Waals surface area contributed by atoms with Crippen LogP contribution in [-0.4, -0.2) is 0 Å². The fourth-order valence-electron chi connectivity index (χ4n) is 1.49. The maximum atomic E-state index is 2.16. The van der Waals surface area contributed by atoms with Gasteiger partial charge in [0.1, 0.15) is 13.1 Å². The smallest absolute Gasteiger partial charge is 0.171 e. The van der Waals surface area contributed by atoms with Gasteiger partial charge in [-0.1, -0.05) is 6.07 Å². The summed E-state index contributed by atoms with van der Waals surface area (Å²) < 4.78 is 4.29. The first-order chi connectivity index (χ1) is 8.26.